The van der Waals surface area contributed by atoms with Crippen LogP contribution < -0.4 is 5.48 Å². The van der Waals surface area contributed by atoms with E-state index in [1.807, 2.05) is 12.1 Å². The molecule has 3 N–H and O–H groups in total. The van der Waals surface area contributed by atoms with Crippen molar-refractivity contribution in [3.63, 3.8) is 0 Å². The topological polar surface area (TPSA) is 65.1 Å². The van der Waals surface area contributed by atoms with Crippen molar-refractivity contribution in [3.8, 4) is 0 Å². The van der Waals surface area contributed by atoms with Crippen molar-refractivity contribution < 1.29 is 10.0 Å². The van der Waals surface area contributed by atoms with E-state index in [9.17, 15) is 4.79 Å². The lowest BCUT2D eigenvalue weighted by molar-refractivity contribution is -0.129. The second kappa shape index (κ2) is 5.50. The summed E-state index contributed by atoms with van der Waals surface area (Å²) in [5, 5.41) is 9.56. The van der Waals surface area contributed by atoms with Crippen molar-refractivity contribution in [1.82, 2.24) is 10.5 Å². The maximum Gasteiger partial charge on any atom is 0.243 e. The van der Waals surface area contributed by atoms with Crippen molar-refractivity contribution in [2.24, 2.45) is 0 Å². The number of hydrogen-bond acceptors (Lipinski definition) is 2. The first-order valence-electron chi connectivity index (χ1n) is 5.79. The molecule has 0 saturated carbocycles. The van der Waals surface area contributed by atoms with Crippen molar-refractivity contribution in [1.29, 1.82) is 0 Å². The van der Waals surface area contributed by atoms with Gasteiger partial charge in [-0.3, -0.25) is 10.0 Å². The summed E-state index contributed by atoms with van der Waals surface area (Å²) in [6, 6.07) is 10.3. The van der Waals surface area contributed by atoms with Gasteiger partial charge in [0, 0.05) is 17.6 Å². The van der Waals surface area contributed by atoms with Gasteiger partial charge >= 0.3 is 0 Å². The van der Waals surface area contributed by atoms with Crippen LogP contribution >= 0.6 is 0 Å². The van der Waals surface area contributed by atoms with E-state index in [-0.39, 0.29) is 5.91 Å². The summed E-state index contributed by atoms with van der Waals surface area (Å²) in [5.74, 6) is -0.318. The molecule has 0 fully saturated rings. The highest BCUT2D eigenvalue weighted by Crippen LogP contribution is 2.16. The Morgan fingerprint density at radius 1 is 1.29 bits per heavy atom. The number of rotatable bonds is 5. The number of unbranched alkanes of at least 4 members (excludes halogenated alkanes) is 1. The van der Waals surface area contributed by atoms with Crippen molar-refractivity contribution in [3.05, 3.63) is 36.0 Å². The van der Waals surface area contributed by atoms with Crippen LogP contribution in [0.1, 0.15) is 25.0 Å². The van der Waals surface area contributed by atoms with E-state index in [4.69, 9.17) is 5.21 Å². The highest BCUT2D eigenvalue weighted by Gasteiger charge is 2.01. The Kier molecular flexibility index (Phi) is 3.77. The minimum Gasteiger partial charge on any atom is -0.358 e. The molecule has 1 heterocycles. The molecule has 0 radical (unpaired) electrons. The Balaban J connectivity index is 1.85. The molecule has 1 aromatic carbocycles. The Labute approximate surface area is 99.6 Å². The third-order valence-electron chi connectivity index (χ3n) is 2.81. The van der Waals surface area contributed by atoms with Crippen LogP contribution in [0.5, 0.6) is 0 Å². The fourth-order valence-electron chi connectivity index (χ4n) is 1.93. The van der Waals surface area contributed by atoms with Gasteiger partial charge in [0.25, 0.3) is 0 Å². The number of aromatic amines is 1. The Hall–Kier alpha value is -1.81. The van der Waals surface area contributed by atoms with Gasteiger partial charge < -0.3 is 4.98 Å². The van der Waals surface area contributed by atoms with Crippen molar-refractivity contribution in [2.45, 2.75) is 25.7 Å². The fourth-order valence-corrected chi connectivity index (χ4v) is 1.93. The molecule has 0 aliphatic rings. The number of carbonyl (C=O) groups is 1. The Bertz CT molecular complexity index is 472. The van der Waals surface area contributed by atoms with Crippen molar-refractivity contribution >= 4 is 16.8 Å². The highest BCUT2D eigenvalue weighted by atomic mass is 16.5. The van der Waals surface area contributed by atoms with Crippen LogP contribution in [-0.4, -0.2) is 16.1 Å². The van der Waals surface area contributed by atoms with Gasteiger partial charge in [-0.1, -0.05) is 18.2 Å². The highest BCUT2D eigenvalue weighted by molar-refractivity contribution is 5.80. The second-order valence-electron chi connectivity index (χ2n) is 4.12. The molecule has 4 nitrogen and oxygen atoms in total. The van der Waals surface area contributed by atoms with Gasteiger partial charge in [0.1, 0.15) is 0 Å². The molecule has 90 valence electrons. The summed E-state index contributed by atoms with van der Waals surface area (Å²) in [6.45, 7) is 0. The van der Waals surface area contributed by atoms with Gasteiger partial charge in [-0.05, 0) is 36.8 Å². The molecule has 0 atom stereocenters. The van der Waals surface area contributed by atoms with E-state index < -0.39 is 0 Å². The van der Waals surface area contributed by atoms with E-state index in [1.54, 1.807) is 5.48 Å². The van der Waals surface area contributed by atoms with E-state index in [0.29, 0.717) is 6.42 Å². The molecule has 17 heavy (non-hydrogen) atoms. The van der Waals surface area contributed by atoms with Crippen LogP contribution in [0, 0.1) is 0 Å². The van der Waals surface area contributed by atoms with Crippen LogP contribution in [-0.2, 0) is 11.2 Å². The first kappa shape index (κ1) is 11.7. The third-order valence-corrected chi connectivity index (χ3v) is 2.81. The maximum absolute atomic E-state index is 10.8. The molecular weight excluding hydrogens is 216 g/mol. The molecule has 1 amide bonds. The number of aromatic nitrogens is 1. The van der Waals surface area contributed by atoms with E-state index >= 15 is 0 Å². The molecule has 0 aliphatic carbocycles. The summed E-state index contributed by atoms with van der Waals surface area (Å²) >= 11 is 0. The van der Waals surface area contributed by atoms with Gasteiger partial charge in [-0.2, -0.15) is 0 Å². The van der Waals surface area contributed by atoms with Crippen molar-refractivity contribution in [2.75, 3.05) is 0 Å². The van der Waals surface area contributed by atoms with E-state index in [2.05, 4.69) is 23.2 Å². The number of benzene rings is 1. The SMILES string of the molecule is O=C(CCCCc1cc2ccccc2[nH]1)NO. The molecule has 1 aromatic heterocycles. The smallest absolute Gasteiger partial charge is 0.243 e. The number of aryl methyl sites for hydroxylation is 1. The quantitative estimate of drug-likeness (QED) is 0.421. The lowest BCUT2D eigenvalue weighted by atomic mass is 10.1. The van der Waals surface area contributed by atoms with Crippen LogP contribution in [0.2, 0.25) is 0 Å². The monoisotopic (exact) mass is 232 g/mol. The Morgan fingerprint density at radius 2 is 2.12 bits per heavy atom. The maximum atomic E-state index is 10.8. The number of amides is 1. The van der Waals surface area contributed by atoms with Crippen LogP contribution in [0.3, 0.4) is 0 Å². The summed E-state index contributed by atoms with van der Waals surface area (Å²) in [5.41, 5.74) is 3.98. The van der Waals surface area contributed by atoms with Gasteiger partial charge in [0.05, 0.1) is 0 Å². The fraction of sp³-hybridized carbons (Fsp3) is 0.308. The largest absolute Gasteiger partial charge is 0.358 e. The number of hydroxylamine groups is 1. The summed E-state index contributed by atoms with van der Waals surface area (Å²) in [6.07, 6.45) is 3.01. The summed E-state index contributed by atoms with van der Waals surface area (Å²) in [7, 11) is 0. The second-order valence-corrected chi connectivity index (χ2v) is 4.12. The zero-order valence-electron chi connectivity index (χ0n) is 9.57. The van der Waals surface area contributed by atoms with E-state index in [1.165, 1.54) is 11.1 Å². The third kappa shape index (κ3) is 3.07. The minimum absolute atomic E-state index is 0.318. The number of H-pyrrole nitrogens is 1. The number of carbonyl (C=O) groups excluding carboxylic acids is 1. The minimum atomic E-state index is -0.318. The van der Waals surface area contributed by atoms with Gasteiger partial charge in [0.2, 0.25) is 5.91 Å². The van der Waals surface area contributed by atoms with Gasteiger partial charge in [-0.15, -0.1) is 0 Å². The van der Waals surface area contributed by atoms with E-state index in [0.717, 1.165) is 24.8 Å². The average Bonchev–Trinajstić information content (AvgIpc) is 2.76. The molecule has 2 aromatic rings. The first-order chi connectivity index (χ1) is 8.29. The number of hydrogen-bond donors (Lipinski definition) is 3. The first-order valence-corrected chi connectivity index (χ1v) is 5.79. The molecule has 0 bridgehead atoms. The predicted octanol–water partition coefficient (Wildman–Crippen LogP) is 2.39. The molecule has 4 heteroatoms. The molecule has 0 unspecified atom stereocenters. The van der Waals surface area contributed by atoms with Crippen LogP contribution in [0.15, 0.2) is 30.3 Å². The normalized spacial score (nSPS) is 10.6. The molecular formula is C13H16N2O2. The average molecular weight is 232 g/mol. The van der Waals surface area contributed by atoms with Gasteiger partial charge in [0.15, 0.2) is 0 Å². The van der Waals surface area contributed by atoms with Crippen LogP contribution in [0.25, 0.3) is 10.9 Å². The number of nitrogens with one attached hydrogen (secondary N) is 2. The zero-order chi connectivity index (χ0) is 12.1. The lowest BCUT2D eigenvalue weighted by Crippen LogP contribution is -2.17. The zero-order valence-corrected chi connectivity index (χ0v) is 9.57. The number of para-hydroxylation sites is 1. The van der Waals surface area contributed by atoms with Gasteiger partial charge in [-0.25, -0.2) is 5.48 Å². The Morgan fingerprint density at radius 3 is 2.88 bits per heavy atom. The molecule has 2 rings (SSSR count). The molecule has 0 saturated heterocycles. The molecule has 0 spiro atoms. The molecule has 0 aliphatic heterocycles. The van der Waals surface area contributed by atoms with Crippen LogP contribution in [0.4, 0.5) is 0 Å². The number of fused-ring (bicyclic) bond motifs is 1. The summed E-state index contributed by atoms with van der Waals surface area (Å²) in [4.78, 5) is 14.1. The lowest BCUT2D eigenvalue weighted by Gasteiger charge is -1.98. The summed E-state index contributed by atoms with van der Waals surface area (Å²) < 4.78 is 0. The predicted molar refractivity (Wildman–Crippen MR) is 65.8 cm³/mol. The standard InChI is InChI=1S/C13H16N2O2/c16-13(15-17)8-4-2-6-11-9-10-5-1-3-7-12(10)14-11/h1,3,5,7,9,14,17H,2,4,6,8H2,(H,15,16).